The van der Waals surface area contributed by atoms with E-state index in [0.29, 0.717) is 18.1 Å². The molecule has 0 radical (unpaired) electrons. The van der Waals surface area contributed by atoms with Crippen molar-refractivity contribution in [2.45, 2.75) is 6.92 Å². The molecule has 7 heteroatoms. The fourth-order valence-corrected chi connectivity index (χ4v) is 1.38. The lowest BCUT2D eigenvalue weighted by molar-refractivity contribution is -0.120. The summed E-state index contributed by atoms with van der Waals surface area (Å²) in [6, 6.07) is 3.48. The molecule has 1 amide bonds. The highest BCUT2D eigenvalue weighted by molar-refractivity contribution is 5.93. The van der Waals surface area contributed by atoms with Crippen molar-refractivity contribution in [1.82, 2.24) is 19.7 Å². The molecule has 0 bridgehead atoms. The van der Waals surface area contributed by atoms with E-state index in [-0.39, 0.29) is 12.5 Å². The van der Waals surface area contributed by atoms with Crippen molar-refractivity contribution < 1.29 is 9.53 Å². The number of nitrogens with one attached hydrogen (secondary N) is 1. The largest absolute Gasteiger partial charge is 0.372 e. The molecule has 0 aromatic carbocycles. The topological polar surface area (TPSA) is 81.9 Å². The van der Waals surface area contributed by atoms with Gasteiger partial charge in [0.25, 0.3) is 0 Å². The van der Waals surface area contributed by atoms with E-state index in [1.54, 1.807) is 18.3 Å². The summed E-state index contributed by atoms with van der Waals surface area (Å²) in [7, 11) is 0. The van der Waals surface area contributed by atoms with E-state index in [1.807, 2.05) is 6.92 Å². The molecule has 0 spiro atoms. The summed E-state index contributed by atoms with van der Waals surface area (Å²) in [5.74, 6) is 0.283. The van der Waals surface area contributed by atoms with Gasteiger partial charge in [0.15, 0.2) is 5.82 Å². The van der Waals surface area contributed by atoms with Gasteiger partial charge >= 0.3 is 0 Å². The maximum atomic E-state index is 11.6. The third-order valence-electron chi connectivity index (χ3n) is 2.13. The third kappa shape index (κ3) is 2.89. The Kier molecular flexibility index (Phi) is 3.98. The molecule has 2 rings (SSSR count). The van der Waals surface area contributed by atoms with Crippen molar-refractivity contribution in [3.8, 4) is 5.82 Å². The van der Waals surface area contributed by atoms with Crippen LogP contribution in [0, 0.1) is 0 Å². The number of carbonyl (C=O) groups is 1. The molecule has 0 atom stereocenters. The third-order valence-corrected chi connectivity index (χ3v) is 2.13. The monoisotopic (exact) mass is 247 g/mol. The number of hydrogen-bond acceptors (Lipinski definition) is 5. The predicted octanol–water partition coefficient (Wildman–Crippen LogP) is 0.637. The minimum atomic E-state index is -0.230. The molecular formula is C11H13N5O2. The molecule has 0 fully saturated rings. The molecule has 0 aliphatic heterocycles. The maximum Gasteiger partial charge on any atom is 0.250 e. The van der Waals surface area contributed by atoms with Crippen molar-refractivity contribution in [3.63, 3.8) is 0 Å². The fourth-order valence-electron chi connectivity index (χ4n) is 1.38. The van der Waals surface area contributed by atoms with E-state index in [1.165, 1.54) is 17.3 Å². The van der Waals surface area contributed by atoms with E-state index in [2.05, 4.69) is 20.4 Å². The Hall–Kier alpha value is -2.28. The summed E-state index contributed by atoms with van der Waals surface area (Å²) < 4.78 is 6.51. The Bertz CT molecular complexity index is 512. The zero-order valence-electron chi connectivity index (χ0n) is 9.91. The van der Waals surface area contributed by atoms with Crippen LogP contribution in [0.25, 0.3) is 5.82 Å². The molecule has 0 aliphatic carbocycles. The summed E-state index contributed by atoms with van der Waals surface area (Å²) >= 11 is 0. The number of anilines is 1. The van der Waals surface area contributed by atoms with Gasteiger partial charge in [-0.2, -0.15) is 5.10 Å². The van der Waals surface area contributed by atoms with Crippen LogP contribution in [0.2, 0.25) is 0 Å². The number of ether oxygens (including phenoxy) is 1. The second-order valence-electron chi connectivity index (χ2n) is 3.40. The Morgan fingerprint density at radius 1 is 1.56 bits per heavy atom. The molecule has 0 aliphatic rings. The molecule has 18 heavy (non-hydrogen) atoms. The van der Waals surface area contributed by atoms with E-state index in [9.17, 15) is 4.79 Å². The highest BCUT2D eigenvalue weighted by Gasteiger charge is 2.09. The van der Waals surface area contributed by atoms with Gasteiger partial charge in [-0.15, -0.1) is 0 Å². The molecule has 2 aromatic heterocycles. The SMILES string of the molecule is CCOCC(=O)Nc1cccnc1-n1cncn1. The zero-order chi connectivity index (χ0) is 12.8. The average Bonchev–Trinajstić information content (AvgIpc) is 2.91. The standard InChI is InChI=1S/C11H13N5O2/c1-2-18-6-10(17)15-9-4-3-5-13-11(9)16-8-12-7-14-16/h3-5,7-8H,2,6H2,1H3,(H,15,17). The van der Waals surface area contributed by atoms with Crippen LogP contribution >= 0.6 is 0 Å². The first kappa shape index (κ1) is 12.2. The van der Waals surface area contributed by atoms with E-state index < -0.39 is 0 Å². The first-order valence-corrected chi connectivity index (χ1v) is 5.49. The van der Waals surface area contributed by atoms with Crippen molar-refractivity contribution in [3.05, 3.63) is 31.0 Å². The van der Waals surface area contributed by atoms with Gasteiger partial charge in [-0.05, 0) is 19.1 Å². The summed E-state index contributed by atoms with van der Waals surface area (Å²) in [4.78, 5) is 19.6. The van der Waals surface area contributed by atoms with Gasteiger partial charge in [-0.1, -0.05) is 0 Å². The van der Waals surface area contributed by atoms with E-state index in [0.717, 1.165) is 0 Å². The van der Waals surface area contributed by atoms with Gasteiger partial charge in [-0.3, -0.25) is 4.79 Å². The van der Waals surface area contributed by atoms with Gasteiger partial charge in [0.2, 0.25) is 5.91 Å². The van der Waals surface area contributed by atoms with Gasteiger partial charge in [0.1, 0.15) is 19.3 Å². The second-order valence-corrected chi connectivity index (χ2v) is 3.40. The average molecular weight is 247 g/mol. The smallest absolute Gasteiger partial charge is 0.250 e. The maximum absolute atomic E-state index is 11.6. The molecule has 7 nitrogen and oxygen atoms in total. The Morgan fingerprint density at radius 3 is 3.17 bits per heavy atom. The van der Waals surface area contributed by atoms with Crippen LogP contribution < -0.4 is 5.32 Å². The van der Waals surface area contributed by atoms with Crippen LogP contribution in [0.5, 0.6) is 0 Å². The summed E-state index contributed by atoms with van der Waals surface area (Å²) in [6.07, 6.45) is 4.54. The molecule has 0 saturated carbocycles. The molecule has 94 valence electrons. The van der Waals surface area contributed by atoms with Crippen LogP contribution in [0.4, 0.5) is 5.69 Å². The highest BCUT2D eigenvalue weighted by Crippen LogP contribution is 2.15. The lowest BCUT2D eigenvalue weighted by Gasteiger charge is -2.09. The molecule has 0 saturated heterocycles. The number of hydrogen-bond donors (Lipinski definition) is 1. The number of nitrogens with zero attached hydrogens (tertiary/aromatic N) is 4. The predicted molar refractivity (Wildman–Crippen MR) is 64.3 cm³/mol. The van der Waals surface area contributed by atoms with Crippen LogP contribution in [0.15, 0.2) is 31.0 Å². The Labute approximate surface area is 104 Å². The lowest BCUT2D eigenvalue weighted by Crippen LogP contribution is -2.19. The lowest BCUT2D eigenvalue weighted by atomic mass is 10.3. The first-order valence-electron chi connectivity index (χ1n) is 5.49. The zero-order valence-corrected chi connectivity index (χ0v) is 9.91. The Morgan fingerprint density at radius 2 is 2.44 bits per heavy atom. The van der Waals surface area contributed by atoms with Crippen LogP contribution in [-0.4, -0.2) is 38.9 Å². The number of pyridine rings is 1. The van der Waals surface area contributed by atoms with Gasteiger partial charge in [0.05, 0.1) is 5.69 Å². The van der Waals surface area contributed by atoms with Gasteiger partial charge in [-0.25, -0.2) is 14.6 Å². The number of rotatable bonds is 5. The number of aromatic nitrogens is 4. The minimum Gasteiger partial charge on any atom is -0.372 e. The van der Waals surface area contributed by atoms with Crippen molar-refractivity contribution in [2.24, 2.45) is 0 Å². The van der Waals surface area contributed by atoms with Crippen molar-refractivity contribution in [2.75, 3.05) is 18.5 Å². The second kappa shape index (κ2) is 5.87. The molecule has 0 unspecified atom stereocenters. The van der Waals surface area contributed by atoms with Crippen LogP contribution in [0.3, 0.4) is 0 Å². The van der Waals surface area contributed by atoms with Crippen molar-refractivity contribution in [1.29, 1.82) is 0 Å². The Balaban J connectivity index is 2.16. The molecule has 1 N–H and O–H groups in total. The van der Waals surface area contributed by atoms with Gasteiger partial charge in [0, 0.05) is 12.8 Å². The molecule has 2 aromatic rings. The van der Waals surface area contributed by atoms with Crippen LogP contribution in [-0.2, 0) is 9.53 Å². The normalized spacial score (nSPS) is 10.3. The van der Waals surface area contributed by atoms with Crippen LogP contribution in [0.1, 0.15) is 6.92 Å². The molecule has 2 heterocycles. The van der Waals surface area contributed by atoms with E-state index in [4.69, 9.17) is 4.74 Å². The fraction of sp³-hybridized carbons (Fsp3) is 0.273. The number of amides is 1. The first-order chi connectivity index (χ1) is 8.81. The minimum absolute atomic E-state index is 0.0161. The highest BCUT2D eigenvalue weighted by atomic mass is 16.5. The quantitative estimate of drug-likeness (QED) is 0.838. The van der Waals surface area contributed by atoms with E-state index >= 15 is 0 Å². The summed E-state index contributed by atoms with van der Waals surface area (Å²) in [5, 5.41) is 6.70. The van der Waals surface area contributed by atoms with Crippen molar-refractivity contribution >= 4 is 11.6 Å². The number of carbonyl (C=O) groups excluding carboxylic acids is 1. The molecular weight excluding hydrogens is 234 g/mol. The summed E-state index contributed by atoms with van der Waals surface area (Å²) in [5.41, 5.74) is 0.563. The summed E-state index contributed by atoms with van der Waals surface area (Å²) in [6.45, 7) is 2.34. The van der Waals surface area contributed by atoms with Gasteiger partial charge < -0.3 is 10.1 Å².